The Hall–Kier alpha value is -0.570. The third-order valence-electron chi connectivity index (χ3n) is 1.90. The van der Waals surface area contributed by atoms with Crippen molar-refractivity contribution in [3.8, 4) is 0 Å². The number of hydrogen-bond acceptors (Lipinski definition) is 3. The van der Waals surface area contributed by atoms with Gasteiger partial charge in [-0.05, 0) is 32.6 Å². The molecule has 1 fully saturated rings. The van der Waals surface area contributed by atoms with Crippen molar-refractivity contribution in [1.82, 2.24) is 0 Å². The molecule has 1 aliphatic carbocycles. The van der Waals surface area contributed by atoms with Crippen molar-refractivity contribution in [2.24, 2.45) is 5.92 Å². The van der Waals surface area contributed by atoms with Crippen LogP contribution in [-0.2, 0) is 14.3 Å². The second-order valence-corrected chi connectivity index (χ2v) is 3.17. The summed E-state index contributed by atoms with van der Waals surface area (Å²) in [6.45, 7) is 4.67. The predicted octanol–water partition coefficient (Wildman–Crippen LogP) is 1.36. The number of carbonyl (C=O) groups is 1. The summed E-state index contributed by atoms with van der Waals surface area (Å²) < 4.78 is 10.1. The van der Waals surface area contributed by atoms with E-state index in [-0.39, 0.29) is 5.97 Å². The quantitative estimate of drug-likeness (QED) is 0.587. The van der Waals surface area contributed by atoms with Gasteiger partial charge in [0.2, 0.25) is 0 Å². The summed E-state index contributed by atoms with van der Waals surface area (Å²) in [4.78, 5) is 11.0. The normalized spacial score (nSPS) is 18.8. The second kappa shape index (κ2) is 4.45. The second-order valence-electron chi connectivity index (χ2n) is 3.17. The predicted molar refractivity (Wildman–Crippen MR) is 44.8 cm³/mol. The van der Waals surface area contributed by atoms with Crippen LogP contribution in [0.3, 0.4) is 0 Å². The van der Waals surface area contributed by atoms with Crippen LogP contribution in [0, 0.1) is 5.92 Å². The van der Waals surface area contributed by atoms with Gasteiger partial charge in [-0.3, -0.25) is 0 Å². The third-order valence-corrected chi connectivity index (χ3v) is 1.90. The first-order valence-electron chi connectivity index (χ1n) is 4.52. The smallest absolute Gasteiger partial charge is 0.334 e. The van der Waals surface area contributed by atoms with E-state index in [2.05, 4.69) is 0 Å². The van der Waals surface area contributed by atoms with Gasteiger partial charge in [-0.1, -0.05) is 0 Å². The molecule has 1 atom stereocenters. The van der Waals surface area contributed by atoms with Crippen LogP contribution in [0.25, 0.3) is 0 Å². The Bertz CT molecular complexity index is 152. The maximum absolute atomic E-state index is 11.0. The minimum absolute atomic E-state index is 0.252. The molecule has 0 saturated heterocycles. The molecule has 1 aliphatic rings. The molecule has 3 nitrogen and oxygen atoms in total. The standard InChI is InChI=1S/C9H16O3/c1-3-11-9(10)7(2)12-6-8-4-5-8/h7-8H,3-6H2,1-2H3. The lowest BCUT2D eigenvalue weighted by molar-refractivity contribution is -0.155. The molecule has 0 N–H and O–H groups in total. The Morgan fingerprint density at radius 2 is 2.25 bits per heavy atom. The van der Waals surface area contributed by atoms with Crippen molar-refractivity contribution in [2.75, 3.05) is 13.2 Å². The number of hydrogen-bond donors (Lipinski definition) is 0. The average molecular weight is 172 g/mol. The SMILES string of the molecule is CCOC(=O)C(C)OCC1CC1. The van der Waals surface area contributed by atoms with Crippen molar-refractivity contribution in [1.29, 1.82) is 0 Å². The highest BCUT2D eigenvalue weighted by Crippen LogP contribution is 2.29. The van der Waals surface area contributed by atoms with E-state index in [0.29, 0.717) is 19.1 Å². The zero-order valence-corrected chi connectivity index (χ0v) is 7.71. The molecule has 0 aromatic carbocycles. The molecule has 0 aromatic rings. The van der Waals surface area contributed by atoms with Gasteiger partial charge < -0.3 is 9.47 Å². The van der Waals surface area contributed by atoms with Gasteiger partial charge in [-0.15, -0.1) is 0 Å². The molecule has 1 unspecified atom stereocenters. The van der Waals surface area contributed by atoms with E-state index < -0.39 is 6.10 Å². The van der Waals surface area contributed by atoms with Crippen LogP contribution in [0.15, 0.2) is 0 Å². The summed E-state index contributed by atoms with van der Waals surface area (Å²) in [5.41, 5.74) is 0. The Morgan fingerprint density at radius 1 is 1.58 bits per heavy atom. The van der Waals surface area contributed by atoms with Crippen molar-refractivity contribution < 1.29 is 14.3 Å². The Balaban J connectivity index is 2.07. The maximum Gasteiger partial charge on any atom is 0.334 e. The van der Waals surface area contributed by atoms with Crippen LogP contribution >= 0.6 is 0 Å². The van der Waals surface area contributed by atoms with Crippen molar-refractivity contribution >= 4 is 5.97 Å². The summed E-state index contributed by atoms with van der Waals surface area (Å²) >= 11 is 0. The molecule has 0 bridgehead atoms. The summed E-state index contributed by atoms with van der Waals surface area (Å²) in [6.07, 6.45) is 2.09. The number of ether oxygens (including phenoxy) is 2. The van der Waals surface area contributed by atoms with E-state index in [1.165, 1.54) is 12.8 Å². The van der Waals surface area contributed by atoms with E-state index in [0.717, 1.165) is 0 Å². The molecular weight excluding hydrogens is 156 g/mol. The molecule has 0 spiro atoms. The highest BCUT2D eigenvalue weighted by molar-refractivity contribution is 5.74. The van der Waals surface area contributed by atoms with E-state index in [4.69, 9.17) is 9.47 Å². The highest BCUT2D eigenvalue weighted by Gasteiger charge is 2.24. The number of carbonyl (C=O) groups excluding carboxylic acids is 1. The summed E-state index contributed by atoms with van der Waals surface area (Å²) in [5, 5.41) is 0. The van der Waals surface area contributed by atoms with Gasteiger partial charge in [0, 0.05) is 0 Å². The van der Waals surface area contributed by atoms with Gasteiger partial charge in [0.25, 0.3) is 0 Å². The maximum atomic E-state index is 11.0. The zero-order chi connectivity index (χ0) is 8.97. The van der Waals surface area contributed by atoms with Gasteiger partial charge in [0.05, 0.1) is 13.2 Å². The molecule has 70 valence electrons. The third kappa shape index (κ3) is 3.22. The monoisotopic (exact) mass is 172 g/mol. The Morgan fingerprint density at radius 3 is 2.75 bits per heavy atom. The van der Waals surface area contributed by atoms with Crippen LogP contribution in [0.2, 0.25) is 0 Å². The van der Waals surface area contributed by atoms with Gasteiger partial charge >= 0.3 is 5.97 Å². The first-order valence-corrected chi connectivity index (χ1v) is 4.52. The van der Waals surface area contributed by atoms with E-state index in [1.807, 2.05) is 0 Å². The van der Waals surface area contributed by atoms with Gasteiger partial charge in [-0.25, -0.2) is 4.79 Å². The largest absolute Gasteiger partial charge is 0.464 e. The fraction of sp³-hybridized carbons (Fsp3) is 0.889. The van der Waals surface area contributed by atoms with Gasteiger partial charge in [0.1, 0.15) is 0 Å². The summed E-state index contributed by atoms with van der Waals surface area (Å²) in [7, 11) is 0. The topological polar surface area (TPSA) is 35.5 Å². The molecular formula is C9H16O3. The van der Waals surface area contributed by atoms with E-state index >= 15 is 0 Å². The molecule has 1 saturated carbocycles. The van der Waals surface area contributed by atoms with Crippen LogP contribution in [0.4, 0.5) is 0 Å². The lowest BCUT2D eigenvalue weighted by Crippen LogP contribution is -2.24. The summed E-state index contributed by atoms with van der Waals surface area (Å²) in [5.74, 6) is 0.444. The van der Waals surface area contributed by atoms with Gasteiger partial charge in [-0.2, -0.15) is 0 Å². The number of esters is 1. The van der Waals surface area contributed by atoms with Crippen molar-refractivity contribution in [3.05, 3.63) is 0 Å². The zero-order valence-electron chi connectivity index (χ0n) is 7.71. The summed E-state index contributed by atoms with van der Waals surface area (Å²) in [6, 6.07) is 0. The minimum atomic E-state index is -0.398. The van der Waals surface area contributed by atoms with Crippen LogP contribution in [0.5, 0.6) is 0 Å². The fourth-order valence-corrected chi connectivity index (χ4v) is 0.893. The van der Waals surface area contributed by atoms with Crippen LogP contribution < -0.4 is 0 Å². The first-order chi connectivity index (χ1) is 5.74. The van der Waals surface area contributed by atoms with Crippen molar-refractivity contribution in [3.63, 3.8) is 0 Å². The lowest BCUT2D eigenvalue weighted by atomic mass is 10.4. The molecule has 0 aromatic heterocycles. The molecule has 0 heterocycles. The fourth-order valence-electron chi connectivity index (χ4n) is 0.893. The van der Waals surface area contributed by atoms with Crippen LogP contribution in [0.1, 0.15) is 26.7 Å². The Kier molecular flexibility index (Phi) is 3.53. The van der Waals surface area contributed by atoms with Gasteiger partial charge in [0.15, 0.2) is 6.10 Å². The average Bonchev–Trinajstić information content (AvgIpc) is 2.83. The number of rotatable bonds is 5. The molecule has 12 heavy (non-hydrogen) atoms. The molecule has 0 radical (unpaired) electrons. The highest BCUT2D eigenvalue weighted by atomic mass is 16.6. The first kappa shape index (κ1) is 9.52. The molecule has 3 heteroatoms. The van der Waals surface area contributed by atoms with E-state index in [1.54, 1.807) is 13.8 Å². The molecule has 0 amide bonds. The minimum Gasteiger partial charge on any atom is -0.464 e. The molecule has 1 rings (SSSR count). The lowest BCUT2D eigenvalue weighted by Gasteiger charge is -2.10. The van der Waals surface area contributed by atoms with Crippen LogP contribution in [-0.4, -0.2) is 25.3 Å². The van der Waals surface area contributed by atoms with Crippen molar-refractivity contribution in [2.45, 2.75) is 32.8 Å². The molecule has 0 aliphatic heterocycles. The van der Waals surface area contributed by atoms with E-state index in [9.17, 15) is 4.79 Å². The Labute approximate surface area is 73.0 Å².